The number of nitrogens with zero attached hydrogens (tertiary/aromatic N) is 3. The van der Waals surface area contributed by atoms with Gasteiger partial charge in [0.15, 0.2) is 0 Å². The highest BCUT2D eigenvalue weighted by atomic mass is 15.1. The van der Waals surface area contributed by atoms with E-state index in [1.165, 1.54) is 11.3 Å². The molecular weight excluding hydrogens is 260 g/mol. The first-order valence-electron chi connectivity index (χ1n) is 7.36. The molecule has 0 spiro atoms. The van der Waals surface area contributed by atoms with Crippen molar-refractivity contribution in [3.63, 3.8) is 0 Å². The fourth-order valence-corrected chi connectivity index (χ4v) is 2.26. The summed E-state index contributed by atoms with van der Waals surface area (Å²) in [5, 5.41) is 3.45. The van der Waals surface area contributed by atoms with Gasteiger partial charge in [0.25, 0.3) is 0 Å². The monoisotopic (exact) mass is 284 g/mol. The van der Waals surface area contributed by atoms with E-state index in [0.717, 1.165) is 24.5 Å². The molecule has 1 N–H and O–H groups in total. The smallest absolute Gasteiger partial charge is 0.0600 e. The molecule has 2 aromatic rings. The zero-order chi connectivity index (χ0) is 15.2. The molecule has 2 heterocycles. The molecule has 0 unspecified atom stereocenters. The van der Waals surface area contributed by atoms with Gasteiger partial charge in [0.1, 0.15) is 0 Å². The molecule has 0 aromatic carbocycles. The van der Waals surface area contributed by atoms with Crippen molar-refractivity contribution in [1.29, 1.82) is 0 Å². The maximum atomic E-state index is 4.57. The first-order chi connectivity index (χ1) is 10.1. The molecule has 0 atom stereocenters. The Morgan fingerprint density at radius 1 is 1.24 bits per heavy atom. The standard InChI is InChI=1S/C17H24N4/c1-13(2)19-11-15-10-18-9-8-17(15)21(4)12-16-7-5-6-14(3)20-16/h5-10,13,19H,11-12H2,1-4H3. The fourth-order valence-electron chi connectivity index (χ4n) is 2.26. The van der Waals surface area contributed by atoms with Crippen molar-refractivity contribution < 1.29 is 0 Å². The molecule has 2 aromatic heterocycles. The van der Waals surface area contributed by atoms with Gasteiger partial charge >= 0.3 is 0 Å². The van der Waals surface area contributed by atoms with Crippen molar-refractivity contribution in [1.82, 2.24) is 15.3 Å². The minimum atomic E-state index is 0.460. The van der Waals surface area contributed by atoms with E-state index in [0.29, 0.717) is 6.04 Å². The van der Waals surface area contributed by atoms with Crippen molar-refractivity contribution in [2.24, 2.45) is 0 Å². The van der Waals surface area contributed by atoms with Crippen molar-refractivity contribution in [2.45, 2.75) is 39.9 Å². The molecule has 21 heavy (non-hydrogen) atoms. The summed E-state index contributed by atoms with van der Waals surface area (Å²) < 4.78 is 0. The van der Waals surface area contributed by atoms with Crippen LogP contribution in [-0.4, -0.2) is 23.1 Å². The summed E-state index contributed by atoms with van der Waals surface area (Å²) in [7, 11) is 2.10. The van der Waals surface area contributed by atoms with Crippen LogP contribution < -0.4 is 10.2 Å². The van der Waals surface area contributed by atoms with Gasteiger partial charge in [-0.2, -0.15) is 0 Å². The number of anilines is 1. The molecule has 0 fully saturated rings. The number of nitrogens with one attached hydrogen (secondary N) is 1. The Morgan fingerprint density at radius 2 is 2.05 bits per heavy atom. The summed E-state index contributed by atoms with van der Waals surface area (Å²) in [5.41, 5.74) is 4.54. The SMILES string of the molecule is Cc1cccc(CN(C)c2ccncc2CNC(C)C)n1. The van der Waals surface area contributed by atoms with Gasteiger partial charge in [-0.05, 0) is 25.1 Å². The molecule has 0 aliphatic rings. The van der Waals surface area contributed by atoms with Gasteiger partial charge in [0, 0.05) is 49.0 Å². The minimum absolute atomic E-state index is 0.460. The Morgan fingerprint density at radius 3 is 2.76 bits per heavy atom. The zero-order valence-corrected chi connectivity index (χ0v) is 13.3. The Kier molecular flexibility index (Phi) is 5.28. The van der Waals surface area contributed by atoms with Crippen LogP contribution in [0.15, 0.2) is 36.7 Å². The van der Waals surface area contributed by atoms with E-state index >= 15 is 0 Å². The predicted molar refractivity (Wildman–Crippen MR) is 87.3 cm³/mol. The third-order valence-corrected chi connectivity index (χ3v) is 3.34. The Bertz CT molecular complexity index is 581. The highest BCUT2D eigenvalue weighted by molar-refractivity contribution is 5.51. The second-order valence-corrected chi connectivity index (χ2v) is 5.67. The fraction of sp³-hybridized carbons (Fsp3) is 0.412. The quantitative estimate of drug-likeness (QED) is 0.885. The first-order valence-corrected chi connectivity index (χ1v) is 7.36. The number of hydrogen-bond acceptors (Lipinski definition) is 4. The highest BCUT2D eigenvalue weighted by Gasteiger charge is 2.09. The van der Waals surface area contributed by atoms with Crippen LogP contribution in [0.25, 0.3) is 0 Å². The zero-order valence-electron chi connectivity index (χ0n) is 13.3. The summed E-state index contributed by atoms with van der Waals surface area (Å²) in [6, 6.07) is 8.67. The van der Waals surface area contributed by atoms with Gasteiger partial charge in [-0.15, -0.1) is 0 Å². The van der Waals surface area contributed by atoms with Crippen molar-refractivity contribution in [3.8, 4) is 0 Å². The Hall–Kier alpha value is -1.94. The number of aromatic nitrogens is 2. The molecule has 0 saturated heterocycles. The van der Waals surface area contributed by atoms with E-state index in [1.807, 2.05) is 25.4 Å². The van der Waals surface area contributed by atoms with E-state index in [4.69, 9.17) is 0 Å². The molecule has 0 saturated carbocycles. The summed E-state index contributed by atoms with van der Waals surface area (Å²) in [5.74, 6) is 0. The normalized spacial score (nSPS) is 10.9. The van der Waals surface area contributed by atoms with Crippen molar-refractivity contribution >= 4 is 5.69 Å². The molecule has 0 radical (unpaired) electrons. The van der Waals surface area contributed by atoms with Crippen LogP contribution in [0.2, 0.25) is 0 Å². The lowest BCUT2D eigenvalue weighted by atomic mass is 10.2. The number of hydrogen-bond donors (Lipinski definition) is 1. The molecule has 4 nitrogen and oxygen atoms in total. The topological polar surface area (TPSA) is 41.1 Å². The number of rotatable bonds is 6. The number of pyridine rings is 2. The van der Waals surface area contributed by atoms with E-state index in [9.17, 15) is 0 Å². The first kappa shape index (κ1) is 15.4. The number of aryl methyl sites for hydroxylation is 1. The van der Waals surface area contributed by atoms with E-state index < -0.39 is 0 Å². The van der Waals surface area contributed by atoms with Gasteiger partial charge in [-0.1, -0.05) is 19.9 Å². The lowest BCUT2D eigenvalue weighted by Crippen LogP contribution is -2.25. The molecule has 4 heteroatoms. The predicted octanol–water partition coefficient (Wildman–Crippen LogP) is 2.92. The van der Waals surface area contributed by atoms with Crippen LogP contribution in [0.5, 0.6) is 0 Å². The van der Waals surface area contributed by atoms with Crippen LogP contribution in [0.4, 0.5) is 5.69 Å². The van der Waals surface area contributed by atoms with Crippen molar-refractivity contribution in [3.05, 3.63) is 53.6 Å². The lowest BCUT2D eigenvalue weighted by molar-refractivity contribution is 0.587. The largest absolute Gasteiger partial charge is 0.368 e. The van der Waals surface area contributed by atoms with E-state index in [1.54, 1.807) is 0 Å². The van der Waals surface area contributed by atoms with E-state index in [-0.39, 0.29) is 0 Å². The third kappa shape index (κ3) is 4.53. The average Bonchev–Trinajstić information content (AvgIpc) is 2.45. The average molecular weight is 284 g/mol. The molecule has 2 rings (SSSR count). The lowest BCUT2D eigenvalue weighted by Gasteiger charge is -2.22. The Balaban J connectivity index is 2.13. The van der Waals surface area contributed by atoms with Gasteiger partial charge < -0.3 is 10.2 Å². The molecule has 0 bridgehead atoms. The summed E-state index contributed by atoms with van der Waals surface area (Å²) >= 11 is 0. The molecule has 0 amide bonds. The second-order valence-electron chi connectivity index (χ2n) is 5.67. The maximum absolute atomic E-state index is 4.57. The van der Waals surface area contributed by atoms with Gasteiger partial charge in [0.2, 0.25) is 0 Å². The van der Waals surface area contributed by atoms with Crippen LogP contribution >= 0.6 is 0 Å². The Labute approximate surface area is 127 Å². The van der Waals surface area contributed by atoms with Gasteiger partial charge in [-0.25, -0.2) is 0 Å². The summed E-state index contributed by atoms with van der Waals surface area (Å²) in [6.45, 7) is 7.94. The second kappa shape index (κ2) is 7.18. The highest BCUT2D eigenvalue weighted by Crippen LogP contribution is 2.19. The summed E-state index contributed by atoms with van der Waals surface area (Å²) in [4.78, 5) is 11.0. The molecular formula is C17H24N4. The van der Waals surface area contributed by atoms with Crippen LogP contribution in [0, 0.1) is 6.92 Å². The van der Waals surface area contributed by atoms with Crippen LogP contribution in [0.1, 0.15) is 30.8 Å². The van der Waals surface area contributed by atoms with Crippen molar-refractivity contribution in [2.75, 3.05) is 11.9 Å². The molecule has 0 aliphatic heterocycles. The third-order valence-electron chi connectivity index (χ3n) is 3.34. The van der Waals surface area contributed by atoms with E-state index in [2.05, 4.69) is 59.3 Å². The van der Waals surface area contributed by atoms with Crippen LogP contribution in [-0.2, 0) is 13.1 Å². The maximum Gasteiger partial charge on any atom is 0.0600 e. The minimum Gasteiger partial charge on any atom is -0.368 e. The van der Waals surface area contributed by atoms with Gasteiger partial charge in [0.05, 0.1) is 12.2 Å². The van der Waals surface area contributed by atoms with Gasteiger partial charge in [-0.3, -0.25) is 9.97 Å². The molecule has 112 valence electrons. The molecule has 0 aliphatic carbocycles. The summed E-state index contributed by atoms with van der Waals surface area (Å²) in [6.07, 6.45) is 3.78. The van der Waals surface area contributed by atoms with Crippen LogP contribution in [0.3, 0.4) is 0 Å².